The molecule has 0 heterocycles. The number of benzene rings is 2. The van der Waals surface area contributed by atoms with Crippen LogP contribution in [0, 0.1) is 4.91 Å². The summed E-state index contributed by atoms with van der Waals surface area (Å²) in [6.07, 6.45) is 10.6. The molecule has 1 aliphatic carbocycles. The third-order valence-electron chi connectivity index (χ3n) is 5.80. The zero-order valence-electron chi connectivity index (χ0n) is 15.8. The average molecular weight is 361 g/mol. The molecule has 1 saturated carbocycles. The van der Waals surface area contributed by atoms with Crippen LogP contribution in [0.25, 0.3) is 0 Å². The van der Waals surface area contributed by atoms with Gasteiger partial charge in [0.15, 0.2) is 0 Å². The molecule has 27 heavy (non-hydrogen) atoms. The molecule has 3 rings (SSSR count). The van der Waals surface area contributed by atoms with Crippen LogP contribution in [0.4, 0.5) is 5.69 Å². The van der Waals surface area contributed by atoms with Crippen LogP contribution < -0.4 is 0 Å². The molecular weight excluding hydrogens is 334 g/mol. The Hall–Kier alpha value is -2.68. The Morgan fingerprint density at radius 2 is 1.52 bits per heavy atom. The van der Waals surface area contributed by atoms with E-state index in [9.17, 15) is 10.0 Å². The standard InChI is InChI=1S/C24H27NO2/c1-3-8-18-16-20(10-12-22(18)25-27)24(14-6-5-7-15-24)21-11-13-23(26)19(17-21)9-4-2/h3-4,10-13,16-17,26H,1-2,5-9,14-15H2. The second-order valence-corrected chi connectivity index (χ2v) is 7.41. The van der Waals surface area contributed by atoms with Gasteiger partial charge in [-0.25, -0.2) is 0 Å². The van der Waals surface area contributed by atoms with Crippen LogP contribution in [0.2, 0.25) is 0 Å². The molecule has 0 saturated heterocycles. The smallest absolute Gasteiger partial charge is 0.119 e. The van der Waals surface area contributed by atoms with E-state index < -0.39 is 0 Å². The van der Waals surface area contributed by atoms with Crippen molar-refractivity contribution < 1.29 is 5.11 Å². The molecule has 0 radical (unpaired) electrons. The van der Waals surface area contributed by atoms with E-state index in [0.717, 1.165) is 24.0 Å². The number of phenols is 1. The Morgan fingerprint density at radius 3 is 2.15 bits per heavy atom. The van der Waals surface area contributed by atoms with E-state index in [-0.39, 0.29) is 5.41 Å². The molecule has 0 aliphatic heterocycles. The van der Waals surface area contributed by atoms with Gasteiger partial charge in [-0.1, -0.05) is 55.7 Å². The minimum Gasteiger partial charge on any atom is -0.508 e. The Morgan fingerprint density at radius 1 is 0.926 bits per heavy atom. The number of allylic oxidation sites excluding steroid dienone is 2. The number of aromatic hydroxyl groups is 1. The minimum atomic E-state index is -0.0980. The van der Waals surface area contributed by atoms with Crippen molar-refractivity contribution >= 4 is 5.69 Å². The van der Waals surface area contributed by atoms with Gasteiger partial charge in [0.05, 0.1) is 0 Å². The lowest BCUT2D eigenvalue weighted by molar-refractivity contribution is 0.345. The molecule has 1 fully saturated rings. The van der Waals surface area contributed by atoms with Crippen LogP contribution in [-0.2, 0) is 18.3 Å². The zero-order chi connectivity index (χ0) is 19.3. The minimum absolute atomic E-state index is 0.0980. The largest absolute Gasteiger partial charge is 0.508 e. The Bertz CT molecular complexity index is 847. The molecule has 0 atom stereocenters. The molecular formula is C24H27NO2. The third kappa shape index (κ3) is 3.73. The first-order valence-electron chi connectivity index (χ1n) is 9.65. The lowest BCUT2D eigenvalue weighted by Gasteiger charge is -2.39. The topological polar surface area (TPSA) is 49.7 Å². The molecule has 140 valence electrons. The summed E-state index contributed by atoms with van der Waals surface area (Å²) in [6, 6.07) is 12.0. The van der Waals surface area contributed by atoms with E-state index in [1.54, 1.807) is 6.07 Å². The number of phenolic OH excluding ortho intramolecular Hbond substituents is 1. The Balaban J connectivity index is 2.15. The summed E-state index contributed by atoms with van der Waals surface area (Å²) in [5, 5.41) is 13.4. The number of rotatable bonds is 7. The fourth-order valence-electron chi connectivity index (χ4n) is 4.39. The third-order valence-corrected chi connectivity index (χ3v) is 5.80. The van der Waals surface area contributed by atoms with Gasteiger partial charge in [0.25, 0.3) is 0 Å². The predicted octanol–water partition coefficient (Wildman–Crippen LogP) is 6.50. The molecule has 2 aromatic carbocycles. The maximum absolute atomic E-state index is 11.2. The molecule has 3 nitrogen and oxygen atoms in total. The highest BCUT2D eigenvalue weighted by Gasteiger charge is 2.36. The van der Waals surface area contributed by atoms with E-state index in [2.05, 4.69) is 36.5 Å². The van der Waals surface area contributed by atoms with Gasteiger partial charge in [-0.2, -0.15) is 0 Å². The number of hydrogen-bond donors (Lipinski definition) is 1. The molecule has 1 N–H and O–H groups in total. The van der Waals surface area contributed by atoms with Crippen LogP contribution in [-0.4, -0.2) is 5.11 Å². The van der Waals surface area contributed by atoms with Crippen molar-refractivity contribution in [3.8, 4) is 5.75 Å². The van der Waals surface area contributed by atoms with Crippen molar-refractivity contribution in [3.63, 3.8) is 0 Å². The summed E-state index contributed by atoms with van der Waals surface area (Å²) in [5.74, 6) is 0.317. The van der Waals surface area contributed by atoms with Gasteiger partial charge >= 0.3 is 0 Å². The average Bonchev–Trinajstić information content (AvgIpc) is 2.70. The predicted molar refractivity (Wildman–Crippen MR) is 112 cm³/mol. The molecule has 0 spiro atoms. The van der Waals surface area contributed by atoms with E-state index in [1.165, 1.54) is 30.4 Å². The summed E-state index contributed by atoms with van der Waals surface area (Å²) < 4.78 is 0. The number of hydrogen-bond acceptors (Lipinski definition) is 3. The van der Waals surface area contributed by atoms with Gasteiger partial charge in [-0.15, -0.1) is 18.1 Å². The molecule has 0 amide bonds. The highest BCUT2D eigenvalue weighted by Crippen LogP contribution is 2.46. The summed E-state index contributed by atoms with van der Waals surface area (Å²) in [6.45, 7) is 7.62. The van der Waals surface area contributed by atoms with Crippen molar-refractivity contribution in [2.24, 2.45) is 5.18 Å². The van der Waals surface area contributed by atoms with Crippen LogP contribution >= 0.6 is 0 Å². The molecule has 3 heteroatoms. The van der Waals surface area contributed by atoms with E-state index in [4.69, 9.17) is 0 Å². The monoisotopic (exact) mass is 361 g/mol. The molecule has 0 aromatic heterocycles. The first-order chi connectivity index (χ1) is 13.1. The first-order valence-corrected chi connectivity index (χ1v) is 9.65. The summed E-state index contributed by atoms with van der Waals surface area (Å²) in [7, 11) is 0. The SMILES string of the molecule is C=CCc1cc(C2(c3ccc(N=O)c(CC=C)c3)CCCCC2)ccc1O. The second-order valence-electron chi connectivity index (χ2n) is 7.41. The Labute approximate surface area is 161 Å². The summed E-state index contributed by atoms with van der Waals surface area (Å²) in [4.78, 5) is 11.2. The molecule has 1 aliphatic rings. The van der Waals surface area contributed by atoms with Crippen molar-refractivity contribution in [3.05, 3.63) is 88.9 Å². The van der Waals surface area contributed by atoms with Gasteiger partial charge in [-0.3, -0.25) is 0 Å². The van der Waals surface area contributed by atoms with Gasteiger partial charge in [0.2, 0.25) is 0 Å². The number of nitroso groups, excluding NO2 is 1. The van der Waals surface area contributed by atoms with Gasteiger partial charge in [0, 0.05) is 5.41 Å². The maximum Gasteiger partial charge on any atom is 0.119 e. The quantitative estimate of drug-likeness (QED) is 0.452. The first kappa shape index (κ1) is 19.1. The molecule has 0 unspecified atom stereocenters. The van der Waals surface area contributed by atoms with Gasteiger partial charge < -0.3 is 5.11 Å². The zero-order valence-corrected chi connectivity index (χ0v) is 15.8. The van der Waals surface area contributed by atoms with Crippen LogP contribution in [0.3, 0.4) is 0 Å². The van der Waals surface area contributed by atoms with E-state index >= 15 is 0 Å². The second kappa shape index (κ2) is 8.34. The van der Waals surface area contributed by atoms with Crippen molar-refractivity contribution in [2.75, 3.05) is 0 Å². The fourth-order valence-corrected chi connectivity index (χ4v) is 4.39. The van der Waals surface area contributed by atoms with Crippen molar-refractivity contribution in [2.45, 2.75) is 50.4 Å². The highest BCUT2D eigenvalue weighted by molar-refractivity contribution is 5.53. The lowest BCUT2D eigenvalue weighted by atomic mass is 9.64. The van der Waals surface area contributed by atoms with E-state index in [0.29, 0.717) is 24.3 Å². The Kier molecular flexibility index (Phi) is 5.90. The van der Waals surface area contributed by atoms with E-state index in [1.807, 2.05) is 24.3 Å². The summed E-state index contributed by atoms with van der Waals surface area (Å²) >= 11 is 0. The van der Waals surface area contributed by atoms with Crippen LogP contribution in [0.15, 0.2) is 66.9 Å². The van der Waals surface area contributed by atoms with Crippen molar-refractivity contribution in [1.82, 2.24) is 0 Å². The highest BCUT2D eigenvalue weighted by atomic mass is 16.3. The normalized spacial score (nSPS) is 15.9. The summed E-state index contributed by atoms with van der Waals surface area (Å²) in [5.41, 5.74) is 4.68. The van der Waals surface area contributed by atoms with Gasteiger partial charge in [-0.05, 0) is 65.2 Å². The van der Waals surface area contributed by atoms with Crippen LogP contribution in [0.1, 0.15) is 54.4 Å². The number of nitrogens with zero attached hydrogens (tertiary/aromatic N) is 1. The van der Waals surface area contributed by atoms with Crippen LogP contribution in [0.5, 0.6) is 5.75 Å². The molecule has 0 bridgehead atoms. The lowest BCUT2D eigenvalue weighted by Crippen LogP contribution is -2.30. The fraction of sp³-hybridized carbons (Fsp3) is 0.333. The molecule has 2 aromatic rings. The maximum atomic E-state index is 11.2. The van der Waals surface area contributed by atoms with Crippen molar-refractivity contribution in [1.29, 1.82) is 0 Å². The van der Waals surface area contributed by atoms with Gasteiger partial charge in [0.1, 0.15) is 11.4 Å².